The molecule has 0 aliphatic rings. The summed E-state index contributed by atoms with van der Waals surface area (Å²) in [4.78, 5) is 17.2. The van der Waals surface area contributed by atoms with Crippen molar-refractivity contribution in [3.63, 3.8) is 0 Å². The number of ether oxygens (including phenoxy) is 1. The molecule has 1 heterocycles. The van der Waals surface area contributed by atoms with E-state index in [2.05, 4.69) is 4.99 Å². The first kappa shape index (κ1) is 21.3. The minimum atomic E-state index is -3.38. The third-order valence-electron chi connectivity index (χ3n) is 4.36. The summed E-state index contributed by atoms with van der Waals surface area (Å²) >= 11 is 1.40. The number of carbonyl (C=O) groups is 1. The molecule has 0 saturated heterocycles. The lowest BCUT2D eigenvalue weighted by molar-refractivity contribution is -0.117. The largest absolute Gasteiger partial charge is 0.492 e. The van der Waals surface area contributed by atoms with Crippen LogP contribution in [0.3, 0.4) is 0 Å². The molecule has 0 spiro atoms. The average molecular weight is 433 g/mol. The Morgan fingerprint density at radius 3 is 2.55 bits per heavy atom. The molecule has 2 aromatic carbocycles. The molecule has 3 rings (SSSR count). The van der Waals surface area contributed by atoms with Gasteiger partial charge in [-0.2, -0.15) is 4.99 Å². The van der Waals surface area contributed by atoms with Gasteiger partial charge in [-0.15, -0.1) is 0 Å². The second-order valence-corrected chi connectivity index (χ2v) is 9.69. The van der Waals surface area contributed by atoms with E-state index in [9.17, 15) is 13.2 Å². The number of benzene rings is 2. The van der Waals surface area contributed by atoms with Gasteiger partial charge in [0.05, 0.1) is 22.8 Å². The first-order valence-corrected chi connectivity index (χ1v) is 12.1. The molecule has 0 N–H and O–H groups in total. The Kier molecular flexibility index (Phi) is 6.87. The van der Waals surface area contributed by atoms with Gasteiger partial charge in [-0.3, -0.25) is 4.79 Å². The summed E-state index contributed by atoms with van der Waals surface area (Å²) in [5, 5.41) is 0. The van der Waals surface area contributed by atoms with E-state index in [0.29, 0.717) is 23.5 Å². The maximum Gasteiger partial charge on any atom is 0.249 e. The van der Waals surface area contributed by atoms with E-state index >= 15 is 0 Å². The van der Waals surface area contributed by atoms with Crippen molar-refractivity contribution in [2.24, 2.45) is 4.99 Å². The number of aryl methyl sites for hydroxylation is 1. The molecule has 0 atom stereocenters. The van der Waals surface area contributed by atoms with E-state index in [-0.39, 0.29) is 17.9 Å². The Hall–Kier alpha value is -2.45. The molecule has 0 radical (unpaired) electrons. The lowest BCUT2D eigenvalue weighted by Gasteiger charge is -2.07. The monoisotopic (exact) mass is 432 g/mol. The smallest absolute Gasteiger partial charge is 0.249 e. The van der Waals surface area contributed by atoms with Crippen LogP contribution < -0.4 is 9.54 Å². The number of para-hydroxylation sites is 1. The van der Waals surface area contributed by atoms with Gasteiger partial charge in [0.1, 0.15) is 11.3 Å². The van der Waals surface area contributed by atoms with E-state index in [1.807, 2.05) is 42.7 Å². The highest BCUT2D eigenvalue weighted by atomic mass is 32.2. The van der Waals surface area contributed by atoms with Crippen LogP contribution in [0.5, 0.6) is 5.75 Å². The van der Waals surface area contributed by atoms with Gasteiger partial charge in [-0.25, -0.2) is 8.42 Å². The van der Waals surface area contributed by atoms with Gasteiger partial charge in [0.25, 0.3) is 0 Å². The molecule has 0 fully saturated rings. The van der Waals surface area contributed by atoms with Gasteiger partial charge in [0, 0.05) is 13.0 Å². The molecule has 6 nitrogen and oxygen atoms in total. The second-order valence-electron chi connectivity index (χ2n) is 6.50. The van der Waals surface area contributed by atoms with Gasteiger partial charge >= 0.3 is 0 Å². The summed E-state index contributed by atoms with van der Waals surface area (Å²) in [6.07, 6.45) is -0.133. The van der Waals surface area contributed by atoms with Crippen molar-refractivity contribution in [2.75, 3.05) is 12.4 Å². The summed E-state index contributed by atoms with van der Waals surface area (Å²) in [5.74, 6) is 0.0260. The Balaban J connectivity index is 1.80. The van der Waals surface area contributed by atoms with Gasteiger partial charge < -0.3 is 9.30 Å². The molecule has 1 amide bonds. The molecule has 29 heavy (non-hydrogen) atoms. The van der Waals surface area contributed by atoms with Crippen LogP contribution >= 0.6 is 11.3 Å². The number of thiazole rings is 1. The third kappa shape index (κ3) is 5.33. The lowest BCUT2D eigenvalue weighted by atomic mass is 10.2. The van der Waals surface area contributed by atoms with Crippen LogP contribution in [0.25, 0.3) is 10.2 Å². The molecule has 1 aromatic heterocycles. The number of fused-ring (bicyclic) bond motifs is 1. The lowest BCUT2D eigenvalue weighted by Crippen LogP contribution is -2.18. The van der Waals surface area contributed by atoms with Crippen LogP contribution in [0, 0.1) is 0 Å². The van der Waals surface area contributed by atoms with E-state index in [1.165, 1.54) is 11.3 Å². The van der Waals surface area contributed by atoms with Crippen molar-refractivity contribution in [3.8, 4) is 5.75 Å². The Bertz CT molecular complexity index is 1160. The number of carbonyl (C=O) groups excluding carboxylic acids is 1. The summed E-state index contributed by atoms with van der Waals surface area (Å²) in [5.41, 5.74) is 1.62. The maximum atomic E-state index is 12.4. The fourth-order valence-electron chi connectivity index (χ4n) is 3.05. The van der Waals surface area contributed by atoms with Crippen LogP contribution in [0.1, 0.15) is 25.8 Å². The van der Waals surface area contributed by atoms with E-state index in [1.54, 1.807) is 24.3 Å². The highest BCUT2D eigenvalue weighted by Crippen LogP contribution is 2.27. The molecule has 0 aliphatic heterocycles. The molecule has 0 aliphatic carbocycles. The SMILES string of the molecule is CCOc1cccc2sc(=NC(=O)CCS(=O)(=O)Cc3ccccc3)n(CC)c12. The topological polar surface area (TPSA) is 77.7 Å². The Morgan fingerprint density at radius 2 is 1.86 bits per heavy atom. The molecule has 3 aromatic rings. The summed E-state index contributed by atoms with van der Waals surface area (Å²) < 4.78 is 33.3. The molecule has 8 heteroatoms. The van der Waals surface area contributed by atoms with Gasteiger partial charge in [0.15, 0.2) is 14.6 Å². The predicted molar refractivity (Wildman–Crippen MR) is 116 cm³/mol. The number of hydrogen-bond acceptors (Lipinski definition) is 5. The highest BCUT2D eigenvalue weighted by Gasteiger charge is 2.15. The minimum Gasteiger partial charge on any atom is -0.492 e. The number of aromatic nitrogens is 1. The number of nitrogens with zero attached hydrogens (tertiary/aromatic N) is 2. The van der Waals surface area contributed by atoms with Gasteiger partial charge in [0.2, 0.25) is 5.91 Å². The van der Waals surface area contributed by atoms with E-state index < -0.39 is 15.7 Å². The fourth-order valence-corrected chi connectivity index (χ4v) is 5.51. The Morgan fingerprint density at radius 1 is 1.10 bits per heavy atom. The van der Waals surface area contributed by atoms with Gasteiger partial charge in [-0.05, 0) is 31.5 Å². The van der Waals surface area contributed by atoms with Crippen molar-refractivity contribution < 1.29 is 17.9 Å². The molecular weight excluding hydrogens is 408 g/mol. The third-order valence-corrected chi connectivity index (χ3v) is 7.00. The summed E-state index contributed by atoms with van der Waals surface area (Å²) in [6.45, 7) is 5.07. The quantitative estimate of drug-likeness (QED) is 0.545. The first-order valence-electron chi connectivity index (χ1n) is 9.50. The molecular formula is C21H24N2O4S2. The molecule has 154 valence electrons. The maximum absolute atomic E-state index is 12.4. The standard InChI is InChI=1S/C21H24N2O4S2/c1-3-23-20-17(27-4-2)11-8-12-18(20)28-21(23)22-19(24)13-14-29(25,26)15-16-9-6-5-7-10-16/h5-12H,3-4,13-15H2,1-2H3. The van der Waals surface area contributed by atoms with Crippen molar-refractivity contribution in [1.82, 2.24) is 4.57 Å². The van der Waals surface area contributed by atoms with Crippen LogP contribution in [-0.4, -0.2) is 31.3 Å². The summed E-state index contributed by atoms with van der Waals surface area (Å²) in [7, 11) is -3.38. The van der Waals surface area contributed by atoms with Crippen LogP contribution in [0.4, 0.5) is 0 Å². The second kappa shape index (κ2) is 9.37. The van der Waals surface area contributed by atoms with Crippen LogP contribution in [0.15, 0.2) is 53.5 Å². The zero-order chi connectivity index (χ0) is 20.9. The highest BCUT2D eigenvalue weighted by molar-refractivity contribution is 7.90. The zero-order valence-electron chi connectivity index (χ0n) is 16.5. The number of rotatable bonds is 8. The Labute approximate surface area is 174 Å². The van der Waals surface area contributed by atoms with Crippen molar-refractivity contribution >= 4 is 37.3 Å². The molecule has 0 saturated carbocycles. The summed E-state index contributed by atoms with van der Waals surface area (Å²) in [6, 6.07) is 14.7. The molecule has 0 bridgehead atoms. The average Bonchev–Trinajstić information content (AvgIpc) is 3.05. The normalized spacial score (nSPS) is 12.4. The first-order chi connectivity index (χ1) is 13.9. The van der Waals surface area contributed by atoms with Crippen molar-refractivity contribution in [1.29, 1.82) is 0 Å². The predicted octanol–water partition coefficient (Wildman–Crippen LogP) is 3.55. The number of amides is 1. The number of sulfone groups is 1. The van der Waals surface area contributed by atoms with E-state index in [0.717, 1.165) is 16.0 Å². The fraction of sp³-hybridized carbons (Fsp3) is 0.333. The zero-order valence-corrected chi connectivity index (χ0v) is 18.1. The number of hydrogen-bond donors (Lipinski definition) is 0. The van der Waals surface area contributed by atoms with Crippen molar-refractivity contribution in [3.05, 3.63) is 58.9 Å². The molecule has 0 unspecified atom stereocenters. The van der Waals surface area contributed by atoms with E-state index in [4.69, 9.17) is 4.74 Å². The van der Waals surface area contributed by atoms with Crippen molar-refractivity contribution in [2.45, 2.75) is 32.6 Å². The van der Waals surface area contributed by atoms with Gasteiger partial charge in [-0.1, -0.05) is 47.7 Å². The van der Waals surface area contributed by atoms with Crippen LogP contribution in [-0.2, 0) is 26.9 Å². The minimum absolute atomic E-state index is 0.0727. The van der Waals surface area contributed by atoms with Crippen LogP contribution in [0.2, 0.25) is 0 Å².